The van der Waals surface area contributed by atoms with Crippen LogP contribution in [0, 0.1) is 0 Å². The van der Waals surface area contributed by atoms with Gasteiger partial charge in [-0.15, -0.1) is 0 Å². The highest BCUT2D eigenvalue weighted by atomic mass is 35.6. The average molecular weight is 219 g/mol. The van der Waals surface area contributed by atoms with Crippen molar-refractivity contribution >= 4 is 34.8 Å². The monoisotopic (exact) mass is 218 g/mol. The molecular weight excluding hydrogens is 215 g/mol. The number of halogens is 6. The molecule has 0 spiro atoms. The highest BCUT2D eigenvalue weighted by Gasteiger charge is 2.24. The number of alkyl halides is 6. The van der Waals surface area contributed by atoms with Crippen LogP contribution >= 0.6 is 34.8 Å². The fourth-order valence-corrected chi connectivity index (χ4v) is 0. The molecule has 0 fully saturated rings. The summed E-state index contributed by atoms with van der Waals surface area (Å²) in [4.78, 5) is 0. The van der Waals surface area contributed by atoms with E-state index < -0.39 is 17.1 Å². The van der Waals surface area contributed by atoms with Gasteiger partial charge in [-0.3, -0.25) is 0 Å². The predicted octanol–water partition coefficient (Wildman–Crippen LogP) is 2.53. The SMILES string of the molecule is ClC(Cl)Cl.OCC(F)(F)F. The Balaban J connectivity index is 0. The molecule has 0 unspecified atom stereocenters. The molecule has 0 heterocycles. The minimum Gasteiger partial charge on any atom is -0.387 e. The molecule has 0 saturated carbocycles. The van der Waals surface area contributed by atoms with Crippen molar-refractivity contribution in [3.8, 4) is 0 Å². The lowest BCUT2D eigenvalue weighted by Crippen LogP contribution is -2.12. The van der Waals surface area contributed by atoms with E-state index in [-0.39, 0.29) is 0 Å². The topological polar surface area (TPSA) is 20.2 Å². The van der Waals surface area contributed by atoms with Gasteiger partial charge < -0.3 is 5.11 Å². The van der Waals surface area contributed by atoms with E-state index in [2.05, 4.69) is 0 Å². The van der Waals surface area contributed by atoms with E-state index in [0.29, 0.717) is 0 Å². The minimum absolute atomic E-state index is 0.750. The number of aliphatic hydroxyl groups is 1. The Morgan fingerprint density at radius 3 is 1.30 bits per heavy atom. The first kappa shape index (κ1) is 13.2. The molecule has 10 heavy (non-hydrogen) atoms. The zero-order valence-electron chi connectivity index (χ0n) is 4.50. The molecule has 0 aromatic heterocycles. The van der Waals surface area contributed by atoms with Crippen molar-refractivity contribution < 1.29 is 18.3 Å². The van der Waals surface area contributed by atoms with Gasteiger partial charge in [-0.05, 0) is 0 Å². The van der Waals surface area contributed by atoms with E-state index >= 15 is 0 Å². The number of hydrogen-bond donors (Lipinski definition) is 1. The van der Waals surface area contributed by atoms with Crippen molar-refractivity contribution in [1.29, 1.82) is 0 Å². The van der Waals surface area contributed by atoms with Gasteiger partial charge in [0.1, 0.15) is 6.61 Å². The van der Waals surface area contributed by atoms with Gasteiger partial charge in [0.15, 0.2) is 4.30 Å². The summed E-state index contributed by atoms with van der Waals surface area (Å²) in [5.74, 6) is 0. The summed E-state index contributed by atoms with van der Waals surface area (Å²) in [6.45, 7) is -1.73. The smallest absolute Gasteiger partial charge is 0.387 e. The molecule has 0 saturated heterocycles. The Labute approximate surface area is 70.7 Å². The van der Waals surface area contributed by atoms with Gasteiger partial charge in [-0.2, -0.15) is 13.2 Å². The summed E-state index contributed by atoms with van der Waals surface area (Å²) in [6.07, 6.45) is -4.40. The molecule has 0 aliphatic carbocycles. The van der Waals surface area contributed by atoms with Crippen molar-refractivity contribution in [2.75, 3.05) is 6.61 Å². The summed E-state index contributed by atoms with van der Waals surface area (Å²) < 4.78 is 30.9. The molecule has 0 aliphatic heterocycles. The van der Waals surface area contributed by atoms with Crippen molar-refractivity contribution in [1.82, 2.24) is 0 Å². The molecule has 0 aliphatic rings. The van der Waals surface area contributed by atoms with Crippen molar-refractivity contribution in [2.24, 2.45) is 0 Å². The summed E-state index contributed by atoms with van der Waals surface area (Å²) in [6, 6.07) is 0. The van der Waals surface area contributed by atoms with Crippen LogP contribution in [0.3, 0.4) is 0 Å². The molecular formula is C3H4Cl3F3O. The van der Waals surface area contributed by atoms with Gasteiger partial charge in [-0.25, -0.2) is 0 Å². The standard InChI is InChI=1S/C2H3F3O.CHCl3/c3-2(4,5)1-6;2-1(3)4/h6H,1H2;1H. The zero-order valence-corrected chi connectivity index (χ0v) is 6.77. The molecule has 64 valence electrons. The Hall–Kier alpha value is 0.620. The van der Waals surface area contributed by atoms with Gasteiger partial charge in [0, 0.05) is 0 Å². The van der Waals surface area contributed by atoms with Gasteiger partial charge in [0.05, 0.1) is 0 Å². The van der Waals surface area contributed by atoms with Gasteiger partial charge >= 0.3 is 6.18 Å². The quantitative estimate of drug-likeness (QED) is 0.621. The van der Waals surface area contributed by atoms with E-state index in [4.69, 9.17) is 39.9 Å². The maximum absolute atomic E-state index is 10.5. The Morgan fingerprint density at radius 2 is 1.30 bits per heavy atom. The first-order chi connectivity index (χ1) is 4.29. The van der Waals surface area contributed by atoms with Crippen LogP contribution in [0.2, 0.25) is 0 Å². The second-order valence-corrected chi connectivity index (χ2v) is 3.00. The third-order valence-electron chi connectivity index (χ3n) is 0.179. The van der Waals surface area contributed by atoms with E-state index in [9.17, 15) is 13.2 Å². The van der Waals surface area contributed by atoms with Gasteiger partial charge in [0.25, 0.3) is 0 Å². The van der Waals surface area contributed by atoms with Crippen LogP contribution in [-0.4, -0.2) is 22.2 Å². The maximum Gasteiger partial charge on any atom is 0.411 e. The molecule has 0 bridgehead atoms. The summed E-state index contributed by atoms with van der Waals surface area (Å²) >= 11 is 14.4. The average Bonchev–Trinajstić information content (AvgIpc) is 1.63. The van der Waals surface area contributed by atoms with Crippen LogP contribution < -0.4 is 0 Å². The van der Waals surface area contributed by atoms with Crippen molar-refractivity contribution in [3.05, 3.63) is 0 Å². The fraction of sp³-hybridized carbons (Fsp3) is 1.00. The second kappa shape index (κ2) is 6.34. The lowest BCUT2D eigenvalue weighted by Gasteiger charge is -1.95. The first-order valence-electron chi connectivity index (χ1n) is 1.89. The summed E-state index contributed by atoms with van der Waals surface area (Å²) in [7, 11) is 0. The molecule has 0 aromatic rings. The summed E-state index contributed by atoms with van der Waals surface area (Å²) in [5.41, 5.74) is 0. The van der Waals surface area contributed by atoms with E-state index in [0.717, 1.165) is 0 Å². The van der Waals surface area contributed by atoms with Crippen molar-refractivity contribution in [2.45, 2.75) is 10.5 Å². The second-order valence-electron chi connectivity index (χ2n) is 1.02. The van der Waals surface area contributed by atoms with Crippen LogP contribution in [0.5, 0.6) is 0 Å². The normalized spacial score (nSPS) is 10.8. The van der Waals surface area contributed by atoms with E-state index in [1.165, 1.54) is 0 Å². The van der Waals surface area contributed by atoms with Crippen molar-refractivity contribution in [3.63, 3.8) is 0 Å². The Bertz CT molecular complexity index is 71.1. The fourth-order valence-electron chi connectivity index (χ4n) is 0. The number of aliphatic hydroxyl groups excluding tert-OH is 1. The molecule has 0 aromatic carbocycles. The Kier molecular flexibility index (Phi) is 8.38. The molecule has 0 radical (unpaired) electrons. The van der Waals surface area contributed by atoms with Gasteiger partial charge in [-0.1, -0.05) is 34.8 Å². The maximum atomic E-state index is 10.5. The van der Waals surface area contributed by atoms with Crippen LogP contribution in [0.1, 0.15) is 0 Å². The number of rotatable bonds is 0. The van der Waals surface area contributed by atoms with E-state index in [1.54, 1.807) is 0 Å². The molecule has 1 N–H and O–H groups in total. The zero-order chi connectivity index (χ0) is 8.78. The predicted molar refractivity (Wildman–Crippen MR) is 34.5 cm³/mol. The highest BCUT2D eigenvalue weighted by molar-refractivity contribution is 6.63. The third kappa shape index (κ3) is 38.2. The third-order valence-corrected chi connectivity index (χ3v) is 0.179. The number of hydrogen-bond acceptors (Lipinski definition) is 1. The highest BCUT2D eigenvalue weighted by Crippen LogP contribution is 2.11. The molecule has 7 heteroatoms. The van der Waals surface area contributed by atoms with Crippen LogP contribution in [0.4, 0.5) is 13.2 Å². The lowest BCUT2D eigenvalue weighted by atomic mass is 10.7. The molecule has 1 nitrogen and oxygen atoms in total. The first-order valence-corrected chi connectivity index (χ1v) is 3.20. The molecule has 0 rings (SSSR count). The summed E-state index contributed by atoms with van der Waals surface area (Å²) in [5, 5.41) is 7.28. The molecule has 0 amide bonds. The van der Waals surface area contributed by atoms with E-state index in [1.807, 2.05) is 0 Å². The van der Waals surface area contributed by atoms with Crippen LogP contribution in [0.25, 0.3) is 0 Å². The van der Waals surface area contributed by atoms with Crippen LogP contribution in [0.15, 0.2) is 0 Å². The van der Waals surface area contributed by atoms with Crippen LogP contribution in [-0.2, 0) is 0 Å². The minimum atomic E-state index is -4.40. The molecule has 0 atom stereocenters. The lowest BCUT2D eigenvalue weighted by molar-refractivity contribution is -0.159. The largest absolute Gasteiger partial charge is 0.411 e. The Morgan fingerprint density at radius 1 is 1.20 bits per heavy atom. The van der Waals surface area contributed by atoms with Gasteiger partial charge in [0.2, 0.25) is 0 Å².